The van der Waals surface area contributed by atoms with Crippen LogP contribution < -0.4 is 10.6 Å². The minimum absolute atomic E-state index is 0. The van der Waals surface area contributed by atoms with Crippen molar-refractivity contribution in [3.63, 3.8) is 0 Å². The average molecular weight is 482 g/mol. The zero-order chi connectivity index (χ0) is 16.3. The van der Waals surface area contributed by atoms with E-state index in [1.54, 1.807) is 0 Å². The molecule has 0 fully saturated rings. The number of rotatable bonds is 4. The first-order valence-electron chi connectivity index (χ1n) is 5.25. The van der Waals surface area contributed by atoms with Crippen LogP contribution in [0.5, 0.6) is 0 Å². The summed E-state index contributed by atoms with van der Waals surface area (Å²) in [6, 6.07) is 0. The summed E-state index contributed by atoms with van der Waals surface area (Å²) in [6.07, 6.45) is 1.50. The van der Waals surface area contributed by atoms with Gasteiger partial charge in [0.25, 0.3) is 0 Å². The van der Waals surface area contributed by atoms with Crippen molar-refractivity contribution < 1.29 is 19.5 Å². The van der Waals surface area contributed by atoms with Crippen molar-refractivity contribution in [1.82, 2.24) is 10.6 Å². The average Bonchev–Trinajstić information content (AvgIpc) is 2.35. The van der Waals surface area contributed by atoms with Crippen LogP contribution in [0.15, 0.2) is 0 Å². The second-order valence-corrected chi connectivity index (χ2v) is 6.99. The van der Waals surface area contributed by atoms with Gasteiger partial charge in [-0.2, -0.15) is 0 Å². The van der Waals surface area contributed by atoms with E-state index in [2.05, 4.69) is 60.3 Å². The molecule has 2 nitrogen and oxygen atoms in total. The molecule has 0 aliphatic carbocycles. The molecule has 0 rings (SSSR count). The molecular weight excluding hydrogens is 470 g/mol. The van der Waals surface area contributed by atoms with Crippen molar-refractivity contribution >= 4 is 127 Å². The first-order valence-corrected chi connectivity index (χ1v) is 8.52. The smallest absolute Gasteiger partial charge is 0.411 e. The summed E-state index contributed by atoms with van der Waals surface area (Å²) >= 11 is 37.8. The third kappa shape index (κ3) is 17.4. The van der Waals surface area contributed by atoms with Gasteiger partial charge in [-0.3, -0.25) is 0 Å². The summed E-state index contributed by atoms with van der Waals surface area (Å²) in [7, 11) is 0. The Morgan fingerprint density at radius 2 is 0.952 bits per heavy atom. The zero-order valence-corrected chi connectivity index (χ0v) is 20.9. The summed E-state index contributed by atoms with van der Waals surface area (Å²) in [5, 5.41) is 5.26. The maximum Gasteiger partial charge on any atom is 2.00 e. The van der Waals surface area contributed by atoms with Gasteiger partial charge in [-0.25, -0.2) is 0 Å². The summed E-state index contributed by atoms with van der Waals surface area (Å²) < 4.78 is 0.501. The van der Waals surface area contributed by atoms with E-state index in [-0.39, 0.29) is 28.1 Å². The van der Waals surface area contributed by atoms with Crippen LogP contribution in [0.1, 0.15) is 26.7 Å². The molecule has 21 heavy (non-hydrogen) atoms. The van der Waals surface area contributed by atoms with Gasteiger partial charge in [-0.15, -0.1) is 0 Å². The summed E-state index contributed by atoms with van der Waals surface area (Å²) in [5.41, 5.74) is 0. The molecule has 0 saturated heterocycles. The molecule has 0 radical (unpaired) electrons. The maximum atomic E-state index is 4.89. The van der Waals surface area contributed by atoms with Gasteiger partial charge >= 0.3 is 19.5 Å². The van der Waals surface area contributed by atoms with Crippen molar-refractivity contribution in [1.29, 1.82) is 0 Å². The molecule has 0 spiro atoms. The minimum atomic E-state index is 0. The van der Waals surface area contributed by atoms with E-state index in [1.165, 1.54) is 0 Å². The molecule has 0 unspecified atom stereocenters. The predicted molar refractivity (Wildman–Crippen MR) is 117 cm³/mol. The molecular formula is C10H12N2S8Zn. The third-order valence-electron chi connectivity index (χ3n) is 1.58. The Kier molecular flexibility index (Phi) is 20.7. The van der Waals surface area contributed by atoms with Crippen LogP contribution in [-0.4, -0.2) is 28.3 Å². The fourth-order valence-electron chi connectivity index (χ4n) is 0.646. The maximum absolute atomic E-state index is 4.89. The van der Waals surface area contributed by atoms with Gasteiger partial charge in [0, 0.05) is 9.73 Å². The number of nitrogens with one attached hydrogen (secondary N) is 2. The van der Waals surface area contributed by atoms with E-state index in [4.69, 9.17) is 48.9 Å². The second kappa shape index (κ2) is 16.1. The second-order valence-electron chi connectivity index (χ2n) is 3.04. The fraction of sp³-hybridized carbons (Fsp3) is 0.400. The van der Waals surface area contributed by atoms with Crippen molar-refractivity contribution in [3.05, 3.63) is 0 Å². The van der Waals surface area contributed by atoms with Crippen LogP contribution in [0.4, 0.5) is 0 Å². The van der Waals surface area contributed by atoms with Crippen LogP contribution in [0.25, 0.3) is 0 Å². The topological polar surface area (TPSA) is 24.1 Å². The fourth-order valence-corrected chi connectivity index (χ4v) is 1.91. The van der Waals surface area contributed by atoms with Crippen molar-refractivity contribution in [2.75, 3.05) is 0 Å². The van der Waals surface area contributed by atoms with Crippen LogP contribution in [0, 0.1) is 0 Å². The van der Waals surface area contributed by atoms with Crippen molar-refractivity contribution in [2.45, 2.75) is 26.7 Å². The zero-order valence-electron chi connectivity index (χ0n) is 11.4. The van der Waals surface area contributed by atoms with E-state index in [0.29, 0.717) is 19.7 Å². The summed E-state index contributed by atoms with van der Waals surface area (Å²) in [6.45, 7) is 3.87. The first kappa shape index (κ1) is 27.1. The predicted octanol–water partition coefficient (Wildman–Crippen LogP) is 3.03. The molecule has 0 aromatic heterocycles. The molecule has 0 aliphatic heterocycles. The standard InChI is InChI=1S/2C5H7NS4.Zn/c2*1-2-3(7)4(8)6-5(9)10;/h2*2H2,1H3,(H2,6,8,9,10);/q;;+2/p-2. The molecule has 0 saturated carbocycles. The summed E-state index contributed by atoms with van der Waals surface area (Å²) in [5.74, 6) is 0. The van der Waals surface area contributed by atoms with Gasteiger partial charge in [0.05, 0.1) is 0 Å². The minimum Gasteiger partial charge on any atom is -0.411 e. The van der Waals surface area contributed by atoms with E-state index in [9.17, 15) is 0 Å². The Labute approximate surface area is 181 Å². The van der Waals surface area contributed by atoms with E-state index in [0.717, 1.165) is 12.8 Å². The van der Waals surface area contributed by atoms with E-state index < -0.39 is 0 Å². The molecule has 0 heterocycles. The molecule has 112 valence electrons. The number of hydrogen-bond acceptors (Lipinski definition) is 8. The van der Waals surface area contributed by atoms with Crippen molar-refractivity contribution in [2.24, 2.45) is 0 Å². The molecule has 11 heteroatoms. The number of hydrogen-bond donors (Lipinski definition) is 2. The van der Waals surface area contributed by atoms with E-state index >= 15 is 0 Å². The Morgan fingerprint density at radius 3 is 1.10 bits per heavy atom. The van der Waals surface area contributed by atoms with Gasteiger partial charge < -0.3 is 60.3 Å². The quantitative estimate of drug-likeness (QED) is 0.354. The van der Waals surface area contributed by atoms with Crippen molar-refractivity contribution in [3.8, 4) is 0 Å². The molecule has 0 aromatic carbocycles. The molecule has 0 aliphatic rings. The van der Waals surface area contributed by atoms with Crippen LogP contribution >= 0.6 is 73.3 Å². The Hall–Kier alpha value is 1.20. The normalized spacial score (nSPS) is 8.10. The van der Waals surface area contributed by atoms with Crippen LogP contribution in [-0.2, 0) is 44.7 Å². The monoisotopic (exact) mass is 480 g/mol. The SMILES string of the molecule is CCC(=S)C(=S)NC(=S)[S-].CCC(=S)C(=S)NC(=S)[S-].[Zn+2]. The van der Waals surface area contributed by atoms with Gasteiger partial charge in [-0.1, -0.05) is 71.4 Å². The third-order valence-corrected chi connectivity index (χ3v) is 3.93. The van der Waals surface area contributed by atoms with Gasteiger partial charge in [0.1, 0.15) is 9.98 Å². The summed E-state index contributed by atoms with van der Waals surface area (Å²) in [4.78, 5) is 2.36. The van der Waals surface area contributed by atoms with Gasteiger partial charge in [0.2, 0.25) is 0 Å². The largest absolute Gasteiger partial charge is 2.00 e. The molecule has 0 amide bonds. The Morgan fingerprint density at radius 1 is 0.714 bits per heavy atom. The van der Waals surface area contributed by atoms with Crippen LogP contribution in [0.3, 0.4) is 0 Å². The molecule has 0 aromatic rings. The Bertz CT molecular complexity index is 395. The number of thiocarbonyl (C=S) groups is 6. The van der Waals surface area contributed by atoms with Gasteiger partial charge in [-0.05, 0) is 12.8 Å². The molecule has 0 atom stereocenters. The van der Waals surface area contributed by atoms with Crippen LogP contribution in [0.2, 0.25) is 0 Å². The Balaban J connectivity index is -0.000000295. The molecule has 2 N–H and O–H groups in total. The van der Waals surface area contributed by atoms with Gasteiger partial charge in [0.15, 0.2) is 0 Å². The first-order chi connectivity index (χ1) is 9.15. The molecule has 0 bridgehead atoms. The van der Waals surface area contributed by atoms with E-state index in [1.807, 2.05) is 13.8 Å².